The summed E-state index contributed by atoms with van der Waals surface area (Å²) in [7, 11) is 0. The molecule has 1 aliphatic rings. The number of carboxylic acid groups (broad SMARTS) is 1. The third-order valence-electron chi connectivity index (χ3n) is 2.59. The van der Waals surface area contributed by atoms with Crippen LogP contribution in [0.4, 0.5) is 10.1 Å². The Labute approximate surface area is 91.3 Å². The number of carboxylic acids is 1. The molecule has 1 unspecified atom stereocenters. The lowest BCUT2D eigenvalue weighted by atomic mass is 10.1. The van der Waals surface area contributed by atoms with E-state index >= 15 is 0 Å². The molecular weight excluding hydrogens is 213 g/mol. The molecule has 1 heterocycles. The lowest BCUT2D eigenvalue weighted by Crippen LogP contribution is -2.25. The molecule has 0 aromatic heterocycles. The molecule has 16 heavy (non-hydrogen) atoms. The van der Waals surface area contributed by atoms with Gasteiger partial charge >= 0.3 is 5.97 Å². The average Bonchev–Trinajstić information content (AvgIpc) is 2.60. The maximum absolute atomic E-state index is 12.9. The fourth-order valence-electron chi connectivity index (χ4n) is 1.77. The summed E-state index contributed by atoms with van der Waals surface area (Å²) >= 11 is 0. The van der Waals surface area contributed by atoms with Crippen molar-refractivity contribution in [1.82, 2.24) is 0 Å². The summed E-state index contributed by atoms with van der Waals surface area (Å²) in [5.74, 6) is -2.41. The number of nitrogens with zero attached hydrogens (tertiary/aromatic N) is 1. The van der Waals surface area contributed by atoms with Crippen LogP contribution in [0.1, 0.15) is 6.42 Å². The first-order chi connectivity index (χ1) is 7.58. The van der Waals surface area contributed by atoms with Gasteiger partial charge < -0.3 is 10.0 Å². The van der Waals surface area contributed by atoms with Gasteiger partial charge in [0.05, 0.1) is 5.92 Å². The number of aliphatic carboxylic acids is 1. The molecule has 4 nitrogen and oxygen atoms in total. The van der Waals surface area contributed by atoms with E-state index in [1.165, 1.54) is 23.1 Å². The highest BCUT2D eigenvalue weighted by molar-refractivity contribution is 5.99. The van der Waals surface area contributed by atoms with E-state index in [-0.39, 0.29) is 18.9 Å². The van der Waals surface area contributed by atoms with Crippen LogP contribution in [0.5, 0.6) is 0 Å². The number of halogens is 1. The fourth-order valence-corrected chi connectivity index (χ4v) is 1.77. The van der Waals surface area contributed by atoms with Gasteiger partial charge in [-0.15, -0.1) is 0 Å². The second-order valence-corrected chi connectivity index (χ2v) is 3.72. The molecule has 1 aliphatic heterocycles. The summed E-state index contributed by atoms with van der Waals surface area (Å²) < 4.78 is 12.9. The Morgan fingerprint density at radius 2 is 2.25 bits per heavy atom. The lowest BCUT2D eigenvalue weighted by Gasteiger charge is -2.15. The number of amides is 1. The normalized spacial score (nSPS) is 20.2. The molecular formula is C11H10FNO3. The highest BCUT2D eigenvalue weighted by Gasteiger charge is 2.35. The molecule has 0 bridgehead atoms. The van der Waals surface area contributed by atoms with Gasteiger partial charge in [-0.1, -0.05) is 6.07 Å². The molecule has 1 fully saturated rings. The van der Waals surface area contributed by atoms with Crippen LogP contribution in [0.25, 0.3) is 0 Å². The van der Waals surface area contributed by atoms with Crippen LogP contribution in [0.2, 0.25) is 0 Å². The molecule has 1 amide bonds. The molecule has 1 N–H and O–H groups in total. The summed E-state index contributed by atoms with van der Waals surface area (Å²) in [6.07, 6.45) is -0.0220. The first kappa shape index (κ1) is 10.6. The van der Waals surface area contributed by atoms with E-state index in [4.69, 9.17) is 5.11 Å². The van der Waals surface area contributed by atoms with Crippen LogP contribution in [0.15, 0.2) is 24.3 Å². The van der Waals surface area contributed by atoms with E-state index in [1.807, 2.05) is 0 Å². The molecule has 2 rings (SSSR count). The summed E-state index contributed by atoms with van der Waals surface area (Å²) in [4.78, 5) is 23.6. The first-order valence-electron chi connectivity index (χ1n) is 4.86. The van der Waals surface area contributed by atoms with Crippen LogP contribution in [-0.2, 0) is 9.59 Å². The molecule has 84 valence electrons. The molecule has 0 aliphatic carbocycles. The minimum absolute atomic E-state index is 0.0220. The van der Waals surface area contributed by atoms with Crippen molar-refractivity contribution < 1.29 is 19.1 Å². The van der Waals surface area contributed by atoms with Gasteiger partial charge in [0, 0.05) is 18.7 Å². The monoisotopic (exact) mass is 223 g/mol. The van der Waals surface area contributed by atoms with Gasteiger partial charge in [0.15, 0.2) is 0 Å². The van der Waals surface area contributed by atoms with Crippen LogP contribution in [0.3, 0.4) is 0 Å². The zero-order chi connectivity index (χ0) is 11.7. The fraction of sp³-hybridized carbons (Fsp3) is 0.273. The van der Waals surface area contributed by atoms with Gasteiger partial charge in [-0.2, -0.15) is 0 Å². The Morgan fingerprint density at radius 1 is 1.50 bits per heavy atom. The van der Waals surface area contributed by atoms with Gasteiger partial charge in [0.2, 0.25) is 5.91 Å². The van der Waals surface area contributed by atoms with E-state index < -0.39 is 17.7 Å². The van der Waals surface area contributed by atoms with Crippen molar-refractivity contribution in [3.05, 3.63) is 30.1 Å². The van der Waals surface area contributed by atoms with Crippen molar-refractivity contribution in [1.29, 1.82) is 0 Å². The van der Waals surface area contributed by atoms with Gasteiger partial charge in [0.25, 0.3) is 0 Å². The van der Waals surface area contributed by atoms with Crippen LogP contribution >= 0.6 is 0 Å². The third-order valence-corrected chi connectivity index (χ3v) is 2.59. The minimum Gasteiger partial charge on any atom is -0.481 e. The second-order valence-electron chi connectivity index (χ2n) is 3.72. The third kappa shape index (κ3) is 1.88. The van der Waals surface area contributed by atoms with E-state index in [0.29, 0.717) is 5.69 Å². The SMILES string of the molecule is O=C(O)C1CC(=O)N(c2cccc(F)c2)C1. The van der Waals surface area contributed by atoms with Gasteiger partial charge in [-0.3, -0.25) is 9.59 Å². The lowest BCUT2D eigenvalue weighted by molar-refractivity contribution is -0.141. The molecule has 0 spiro atoms. The number of carbonyl (C=O) groups is 2. The standard InChI is InChI=1S/C11H10FNO3/c12-8-2-1-3-9(5-8)13-6-7(11(15)16)4-10(13)14/h1-3,5,7H,4,6H2,(H,15,16). The second kappa shape index (κ2) is 3.92. The Bertz CT molecular complexity index is 447. The van der Waals surface area contributed by atoms with Crippen LogP contribution in [0, 0.1) is 11.7 Å². The molecule has 0 saturated carbocycles. The molecule has 1 atom stereocenters. The highest BCUT2D eigenvalue weighted by atomic mass is 19.1. The van der Waals surface area contributed by atoms with E-state index in [2.05, 4.69) is 0 Å². The first-order valence-corrected chi connectivity index (χ1v) is 4.86. The van der Waals surface area contributed by atoms with E-state index in [9.17, 15) is 14.0 Å². The Balaban J connectivity index is 2.23. The number of hydrogen-bond acceptors (Lipinski definition) is 2. The molecule has 1 aromatic carbocycles. The van der Waals surface area contributed by atoms with Gasteiger partial charge in [-0.05, 0) is 18.2 Å². The predicted octanol–water partition coefficient (Wildman–Crippen LogP) is 1.26. The quantitative estimate of drug-likeness (QED) is 0.821. The van der Waals surface area contributed by atoms with Crippen molar-refractivity contribution in [3.63, 3.8) is 0 Å². The Hall–Kier alpha value is -1.91. The highest BCUT2D eigenvalue weighted by Crippen LogP contribution is 2.25. The van der Waals surface area contributed by atoms with Crippen molar-refractivity contribution in [3.8, 4) is 0 Å². The smallest absolute Gasteiger partial charge is 0.308 e. The van der Waals surface area contributed by atoms with Gasteiger partial charge in [-0.25, -0.2) is 4.39 Å². The number of benzene rings is 1. The number of carbonyl (C=O) groups excluding carboxylic acids is 1. The summed E-state index contributed by atoms with van der Waals surface area (Å²) in [5, 5.41) is 8.80. The van der Waals surface area contributed by atoms with Crippen molar-refractivity contribution in [2.75, 3.05) is 11.4 Å². The minimum atomic E-state index is -0.993. The Morgan fingerprint density at radius 3 is 2.81 bits per heavy atom. The molecule has 1 aromatic rings. The van der Waals surface area contributed by atoms with Crippen molar-refractivity contribution in [2.24, 2.45) is 5.92 Å². The summed E-state index contributed by atoms with van der Waals surface area (Å²) in [5.41, 5.74) is 0.411. The van der Waals surface area contributed by atoms with E-state index in [0.717, 1.165) is 0 Å². The summed E-state index contributed by atoms with van der Waals surface area (Å²) in [6, 6.07) is 5.58. The molecule has 5 heteroatoms. The largest absolute Gasteiger partial charge is 0.481 e. The number of anilines is 1. The van der Waals surface area contributed by atoms with Crippen molar-refractivity contribution >= 4 is 17.6 Å². The zero-order valence-corrected chi connectivity index (χ0v) is 8.39. The van der Waals surface area contributed by atoms with Crippen LogP contribution in [-0.4, -0.2) is 23.5 Å². The zero-order valence-electron chi connectivity index (χ0n) is 8.39. The maximum Gasteiger partial charge on any atom is 0.308 e. The number of hydrogen-bond donors (Lipinski definition) is 1. The summed E-state index contributed by atoms with van der Waals surface area (Å²) in [6.45, 7) is 0.109. The number of rotatable bonds is 2. The van der Waals surface area contributed by atoms with Crippen molar-refractivity contribution in [2.45, 2.75) is 6.42 Å². The Kier molecular flexibility index (Phi) is 2.60. The molecule has 1 saturated heterocycles. The average molecular weight is 223 g/mol. The van der Waals surface area contributed by atoms with Gasteiger partial charge in [0.1, 0.15) is 5.82 Å². The topological polar surface area (TPSA) is 57.6 Å². The van der Waals surface area contributed by atoms with Crippen LogP contribution < -0.4 is 4.90 Å². The predicted molar refractivity (Wildman–Crippen MR) is 54.5 cm³/mol. The maximum atomic E-state index is 12.9. The molecule has 0 radical (unpaired) electrons. The van der Waals surface area contributed by atoms with E-state index in [1.54, 1.807) is 6.07 Å².